The fourth-order valence-electron chi connectivity index (χ4n) is 1.06. The highest BCUT2D eigenvalue weighted by Gasteiger charge is 2.12. The Kier molecular flexibility index (Phi) is 2.41. The van der Waals surface area contributed by atoms with E-state index in [0.29, 0.717) is 5.56 Å². The molecule has 1 aromatic rings. The zero-order valence-corrected chi connectivity index (χ0v) is 7.50. The molecule has 0 bridgehead atoms. The van der Waals surface area contributed by atoms with Gasteiger partial charge in [0.15, 0.2) is 11.6 Å². The summed E-state index contributed by atoms with van der Waals surface area (Å²) in [5.74, 6) is -0.400. The topological polar surface area (TPSA) is 73.0 Å². The number of carbonyl (C=O) groups is 2. The minimum absolute atomic E-state index is 0.160. The Bertz CT molecular complexity index is 340. The molecule has 0 amide bonds. The van der Waals surface area contributed by atoms with Crippen LogP contribution in [0.15, 0.2) is 12.3 Å². The quantitative estimate of drug-likeness (QED) is 0.687. The van der Waals surface area contributed by atoms with E-state index in [2.05, 4.69) is 4.98 Å². The smallest absolute Gasteiger partial charge is 0.180 e. The van der Waals surface area contributed by atoms with Crippen LogP contribution in [0.2, 0.25) is 0 Å². The van der Waals surface area contributed by atoms with Gasteiger partial charge in [-0.2, -0.15) is 0 Å². The number of ketones is 2. The number of anilines is 1. The highest BCUT2D eigenvalue weighted by Crippen LogP contribution is 2.15. The van der Waals surface area contributed by atoms with Crippen molar-refractivity contribution in [2.75, 3.05) is 5.73 Å². The molecule has 1 aromatic heterocycles. The lowest BCUT2D eigenvalue weighted by Gasteiger charge is -2.04. The summed E-state index contributed by atoms with van der Waals surface area (Å²) in [6.07, 6.45) is 1.41. The first-order chi connectivity index (χ1) is 6.04. The molecule has 0 atom stereocenters. The third-order valence-corrected chi connectivity index (χ3v) is 1.70. The first kappa shape index (κ1) is 9.38. The number of rotatable bonds is 2. The molecule has 0 spiro atoms. The molecule has 0 fully saturated rings. The molecule has 68 valence electrons. The molecule has 0 aromatic carbocycles. The average molecular weight is 178 g/mol. The van der Waals surface area contributed by atoms with Gasteiger partial charge in [-0.25, -0.2) is 0 Å². The largest absolute Gasteiger partial charge is 0.396 e. The molecule has 0 saturated carbocycles. The normalized spacial score (nSPS) is 9.69. The van der Waals surface area contributed by atoms with Gasteiger partial charge in [-0.05, 0) is 13.0 Å². The molecule has 1 rings (SSSR count). The van der Waals surface area contributed by atoms with Gasteiger partial charge in [-0.3, -0.25) is 14.6 Å². The van der Waals surface area contributed by atoms with Crippen LogP contribution in [0, 0.1) is 0 Å². The highest BCUT2D eigenvalue weighted by molar-refractivity contribution is 6.05. The number of carbonyl (C=O) groups excluding carboxylic acids is 2. The molecule has 2 N–H and O–H groups in total. The van der Waals surface area contributed by atoms with Gasteiger partial charge in [-0.15, -0.1) is 0 Å². The molecule has 4 heteroatoms. The summed E-state index contributed by atoms with van der Waals surface area (Å²) in [6, 6.07) is 1.50. The van der Waals surface area contributed by atoms with Crippen molar-refractivity contribution in [3.63, 3.8) is 0 Å². The summed E-state index contributed by atoms with van der Waals surface area (Å²) in [7, 11) is 0. The van der Waals surface area contributed by atoms with E-state index in [1.165, 1.54) is 26.1 Å². The second kappa shape index (κ2) is 3.35. The molecule has 0 aliphatic rings. The summed E-state index contributed by atoms with van der Waals surface area (Å²) in [6.45, 7) is 2.76. The average Bonchev–Trinajstić information content (AvgIpc) is 2.03. The Morgan fingerprint density at radius 3 is 2.38 bits per heavy atom. The van der Waals surface area contributed by atoms with Crippen molar-refractivity contribution in [2.24, 2.45) is 0 Å². The van der Waals surface area contributed by atoms with Gasteiger partial charge < -0.3 is 5.73 Å². The molecular weight excluding hydrogens is 168 g/mol. The second-order valence-electron chi connectivity index (χ2n) is 2.73. The SMILES string of the molecule is CC(=O)c1ccnc(C(C)=O)c1N. The number of nitrogens with two attached hydrogens (primary N) is 1. The van der Waals surface area contributed by atoms with E-state index in [1.54, 1.807) is 0 Å². The Labute approximate surface area is 75.8 Å². The van der Waals surface area contributed by atoms with Crippen molar-refractivity contribution in [2.45, 2.75) is 13.8 Å². The molecule has 4 nitrogen and oxygen atoms in total. The standard InChI is InChI=1S/C9H10N2O2/c1-5(12)7-3-4-11-9(6(2)13)8(7)10/h3-4H,10H2,1-2H3. The Morgan fingerprint density at radius 1 is 1.31 bits per heavy atom. The van der Waals surface area contributed by atoms with Crippen LogP contribution in [0.25, 0.3) is 0 Å². The first-order valence-electron chi connectivity index (χ1n) is 3.80. The maximum Gasteiger partial charge on any atom is 0.180 e. The van der Waals surface area contributed by atoms with Crippen LogP contribution in [0.4, 0.5) is 5.69 Å². The number of Topliss-reactive ketones (excluding diaryl/α,β-unsaturated/α-hetero) is 2. The van der Waals surface area contributed by atoms with Crippen molar-refractivity contribution in [1.29, 1.82) is 0 Å². The number of aromatic nitrogens is 1. The van der Waals surface area contributed by atoms with Gasteiger partial charge >= 0.3 is 0 Å². The maximum absolute atomic E-state index is 11.0. The van der Waals surface area contributed by atoms with Crippen LogP contribution in [-0.4, -0.2) is 16.6 Å². The maximum atomic E-state index is 11.0. The fraction of sp³-hybridized carbons (Fsp3) is 0.222. The van der Waals surface area contributed by atoms with E-state index < -0.39 is 0 Å². The lowest BCUT2D eigenvalue weighted by molar-refractivity contribution is 0.101. The van der Waals surface area contributed by atoms with E-state index >= 15 is 0 Å². The van der Waals surface area contributed by atoms with Gasteiger partial charge in [-0.1, -0.05) is 0 Å². The highest BCUT2D eigenvalue weighted by atomic mass is 16.1. The van der Waals surface area contributed by atoms with Gasteiger partial charge in [0.25, 0.3) is 0 Å². The third-order valence-electron chi connectivity index (χ3n) is 1.70. The minimum atomic E-state index is -0.236. The van der Waals surface area contributed by atoms with Gasteiger partial charge in [0.1, 0.15) is 5.69 Å². The molecule has 0 radical (unpaired) electrons. The van der Waals surface area contributed by atoms with Gasteiger partial charge in [0.05, 0.1) is 5.69 Å². The predicted molar refractivity (Wildman–Crippen MR) is 48.7 cm³/mol. The van der Waals surface area contributed by atoms with E-state index in [9.17, 15) is 9.59 Å². The van der Waals surface area contributed by atoms with Crippen LogP contribution in [-0.2, 0) is 0 Å². The lowest BCUT2D eigenvalue weighted by Crippen LogP contribution is -2.08. The molecular formula is C9H10N2O2. The Balaban J connectivity index is 3.35. The number of pyridine rings is 1. The second-order valence-corrected chi connectivity index (χ2v) is 2.73. The van der Waals surface area contributed by atoms with E-state index in [4.69, 9.17) is 5.73 Å². The van der Waals surface area contributed by atoms with Crippen LogP contribution in [0.1, 0.15) is 34.7 Å². The lowest BCUT2D eigenvalue weighted by atomic mass is 10.1. The molecule has 13 heavy (non-hydrogen) atoms. The van der Waals surface area contributed by atoms with E-state index in [1.807, 2.05) is 0 Å². The monoisotopic (exact) mass is 178 g/mol. The van der Waals surface area contributed by atoms with Crippen LogP contribution < -0.4 is 5.73 Å². The zero-order chi connectivity index (χ0) is 10.0. The Morgan fingerprint density at radius 2 is 1.92 bits per heavy atom. The van der Waals surface area contributed by atoms with Gasteiger partial charge in [0.2, 0.25) is 0 Å². The van der Waals surface area contributed by atoms with Crippen LogP contribution >= 0.6 is 0 Å². The van der Waals surface area contributed by atoms with E-state index in [0.717, 1.165) is 0 Å². The third kappa shape index (κ3) is 1.72. The van der Waals surface area contributed by atoms with Crippen molar-refractivity contribution in [1.82, 2.24) is 4.98 Å². The molecule has 0 saturated heterocycles. The first-order valence-corrected chi connectivity index (χ1v) is 3.80. The molecule has 1 heterocycles. The summed E-state index contributed by atoms with van der Waals surface area (Å²) in [5, 5.41) is 0. The predicted octanol–water partition coefficient (Wildman–Crippen LogP) is 1.07. The summed E-state index contributed by atoms with van der Waals surface area (Å²) in [4.78, 5) is 25.8. The molecule has 0 aliphatic heterocycles. The summed E-state index contributed by atoms with van der Waals surface area (Å²) < 4.78 is 0. The van der Waals surface area contributed by atoms with E-state index in [-0.39, 0.29) is 22.9 Å². The molecule has 0 unspecified atom stereocenters. The van der Waals surface area contributed by atoms with Crippen molar-refractivity contribution in [3.05, 3.63) is 23.5 Å². The zero-order valence-electron chi connectivity index (χ0n) is 7.50. The number of hydrogen-bond acceptors (Lipinski definition) is 4. The fourth-order valence-corrected chi connectivity index (χ4v) is 1.06. The Hall–Kier alpha value is -1.71. The van der Waals surface area contributed by atoms with Crippen LogP contribution in [0.5, 0.6) is 0 Å². The summed E-state index contributed by atoms with van der Waals surface area (Å²) >= 11 is 0. The van der Waals surface area contributed by atoms with Crippen molar-refractivity contribution >= 4 is 17.3 Å². The van der Waals surface area contributed by atoms with Gasteiger partial charge in [0, 0.05) is 18.7 Å². The van der Waals surface area contributed by atoms with Crippen molar-refractivity contribution < 1.29 is 9.59 Å². The number of nitrogen functional groups attached to an aromatic ring is 1. The summed E-state index contributed by atoms with van der Waals surface area (Å²) in [5.41, 5.74) is 6.26. The van der Waals surface area contributed by atoms with Crippen molar-refractivity contribution in [3.8, 4) is 0 Å². The number of nitrogens with zero attached hydrogens (tertiary/aromatic N) is 1. The molecule has 0 aliphatic carbocycles. The number of hydrogen-bond donors (Lipinski definition) is 1. The van der Waals surface area contributed by atoms with Crippen LogP contribution in [0.3, 0.4) is 0 Å². The minimum Gasteiger partial charge on any atom is -0.396 e.